The molecular formula is C26H34F2O5S. The van der Waals surface area contributed by atoms with Crippen LogP contribution in [0.2, 0.25) is 0 Å². The average molecular weight is 497 g/mol. The first kappa shape index (κ1) is 25.5. The Balaban J connectivity index is 1.85. The second-order valence-corrected chi connectivity index (χ2v) is 11.6. The molecule has 0 bridgehead atoms. The monoisotopic (exact) mass is 496 g/mol. The number of rotatable bonds is 4. The molecule has 8 atom stereocenters. The lowest BCUT2D eigenvalue weighted by molar-refractivity contribution is -0.225. The van der Waals surface area contributed by atoms with E-state index >= 15 is 8.78 Å². The number of aliphatic hydroxyl groups is 1. The molecule has 4 aliphatic rings. The molecule has 0 spiro atoms. The van der Waals surface area contributed by atoms with E-state index in [1.54, 1.807) is 13.8 Å². The largest absolute Gasteiger partial charge is 0.449 e. The number of alkyl halides is 1. The summed E-state index contributed by atoms with van der Waals surface area (Å²) < 4.78 is 38.3. The van der Waals surface area contributed by atoms with Crippen LogP contribution >= 0.6 is 12.6 Å². The number of Topliss-reactive ketones (excluding diaryl/α,β-unsaturated/α-hetero) is 1. The molecule has 0 heterocycles. The number of carbonyl (C=O) groups is 3. The van der Waals surface area contributed by atoms with E-state index in [0.717, 1.165) is 0 Å². The summed E-state index contributed by atoms with van der Waals surface area (Å²) in [6.45, 7) is 8.45. The first-order valence-corrected chi connectivity index (χ1v) is 12.6. The maximum absolute atomic E-state index is 17.4. The molecule has 4 aliphatic carbocycles. The van der Waals surface area contributed by atoms with Gasteiger partial charge in [0, 0.05) is 29.1 Å². The van der Waals surface area contributed by atoms with Gasteiger partial charge in [-0.05, 0) is 63.0 Å². The standard InChI is InChI=1S/C26H34F2O5S/c1-6-7-19(30)33-26(22(32)34)14(3)10-17-15-8-9-16-20(27)21(31)13(2)11-23(16,4)25(15,28)18(29)12-24(17,26)5/h11,14-15,17-18,29H,6-10,12H2,1-5H3,(H,32,34)/t14-,15-,17-,18-,23-,24-,25-,26-/m0/s1. The van der Waals surface area contributed by atoms with Crippen LogP contribution in [0.4, 0.5) is 8.78 Å². The van der Waals surface area contributed by atoms with E-state index in [-0.39, 0.29) is 36.8 Å². The predicted molar refractivity (Wildman–Crippen MR) is 125 cm³/mol. The summed E-state index contributed by atoms with van der Waals surface area (Å²) in [7, 11) is 0. The Hall–Kier alpha value is -1.54. The van der Waals surface area contributed by atoms with Crippen LogP contribution < -0.4 is 0 Å². The smallest absolute Gasteiger partial charge is 0.306 e. The maximum Gasteiger partial charge on any atom is 0.306 e. The Labute approximate surface area is 204 Å². The Morgan fingerprint density at radius 3 is 2.53 bits per heavy atom. The number of allylic oxidation sites excluding steroid dienone is 4. The fourth-order valence-electron chi connectivity index (χ4n) is 8.07. The molecule has 0 amide bonds. The lowest BCUT2D eigenvalue weighted by atomic mass is 9.44. The van der Waals surface area contributed by atoms with E-state index in [1.165, 1.54) is 13.0 Å². The molecule has 5 nitrogen and oxygen atoms in total. The highest BCUT2D eigenvalue weighted by molar-refractivity contribution is 7.96. The van der Waals surface area contributed by atoms with Crippen LogP contribution in [0.25, 0.3) is 0 Å². The quantitative estimate of drug-likeness (QED) is 0.431. The van der Waals surface area contributed by atoms with Crippen molar-refractivity contribution in [2.45, 2.75) is 90.5 Å². The molecular weight excluding hydrogens is 462 g/mol. The molecule has 3 fully saturated rings. The lowest BCUT2D eigenvalue weighted by Crippen LogP contribution is -2.69. The number of ether oxygens (including phenoxy) is 1. The number of carbonyl (C=O) groups excluding carboxylic acids is 3. The van der Waals surface area contributed by atoms with Crippen LogP contribution in [0.5, 0.6) is 0 Å². The first-order chi connectivity index (χ1) is 15.7. The predicted octanol–water partition coefficient (Wildman–Crippen LogP) is 4.83. The van der Waals surface area contributed by atoms with Gasteiger partial charge >= 0.3 is 5.97 Å². The number of aliphatic hydroxyl groups excluding tert-OH is 1. The number of hydrogen-bond acceptors (Lipinski definition) is 5. The van der Waals surface area contributed by atoms with Gasteiger partial charge in [0.1, 0.15) is 0 Å². The number of ketones is 1. The molecule has 34 heavy (non-hydrogen) atoms. The van der Waals surface area contributed by atoms with Crippen LogP contribution in [0.1, 0.15) is 73.1 Å². The number of halogens is 2. The van der Waals surface area contributed by atoms with Crippen molar-refractivity contribution in [3.8, 4) is 0 Å². The number of thiol groups is 1. The van der Waals surface area contributed by atoms with E-state index < -0.39 is 68.7 Å². The van der Waals surface area contributed by atoms with Crippen LogP contribution in [-0.4, -0.2) is 39.3 Å². The van der Waals surface area contributed by atoms with E-state index in [4.69, 9.17) is 4.74 Å². The van der Waals surface area contributed by atoms with Crippen molar-refractivity contribution in [3.63, 3.8) is 0 Å². The molecule has 0 aromatic carbocycles. The van der Waals surface area contributed by atoms with E-state index in [1.807, 2.05) is 13.8 Å². The highest BCUT2D eigenvalue weighted by Gasteiger charge is 2.77. The van der Waals surface area contributed by atoms with E-state index in [9.17, 15) is 19.5 Å². The summed E-state index contributed by atoms with van der Waals surface area (Å²) in [6, 6.07) is 0. The number of hydrogen-bond donors (Lipinski definition) is 2. The fourth-order valence-corrected chi connectivity index (χ4v) is 8.60. The maximum atomic E-state index is 17.4. The average Bonchev–Trinajstić information content (AvgIpc) is 2.95. The molecule has 4 rings (SSSR count). The molecule has 0 radical (unpaired) electrons. The van der Waals surface area contributed by atoms with Crippen molar-refractivity contribution >= 4 is 29.5 Å². The first-order valence-electron chi connectivity index (χ1n) is 12.2. The van der Waals surface area contributed by atoms with Crippen molar-refractivity contribution in [1.29, 1.82) is 0 Å². The van der Waals surface area contributed by atoms with Gasteiger partial charge in [-0.15, -0.1) is 12.6 Å². The van der Waals surface area contributed by atoms with E-state index in [2.05, 4.69) is 12.6 Å². The second kappa shape index (κ2) is 7.99. The Kier molecular flexibility index (Phi) is 6.00. The third kappa shape index (κ3) is 2.90. The van der Waals surface area contributed by atoms with Gasteiger partial charge in [0.25, 0.3) is 0 Å². The molecule has 188 valence electrons. The molecule has 1 N–H and O–H groups in total. The molecule has 0 aromatic rings. The van der Waals surface area contributed by atoms with Gasteiger partial charge in [0.15, 0.2) is 17.1 Å². The Bertz CT molecular complexity index is 1020. The SMILES string of the molecule is CCCC(=O)O[C@]1(C(=O)S)[C@@H](C)C[C@H]2[C@@H]3CCC4=C(F)C(=O)C(C)=C[C@]4(C)[C@@]3(F)[C@@H](O)C[C@@]21C. The molecule has 0 saturated heterocycles. The van der Waals surface area contributed by atoms with Crippen molar-refractivity contribution in [1.82, 2.24) is 0 Å². The number of esters is 1. The van der Waals surface area contributed by atoms with Gasteiger partial charge in [-0.3, -0.25) is 14.4 Å². The van der Waals surface area contributed by atoms with Crippen LogP contribution in [-0.2, 0) is 19.1 Å². The summed E-state index contributed by atoms with van der Waals surface area (Å²) in [5.74, 6) is -3.74. The van der Waals surface area contributed by atoms with Crippen LogP contribution in [0, 0.1) is 28.6 Å². The lowest BCUT2D eigenvalue weighted by Gasteiger charge is -2.62. The van der Waals surface area contributed by atoms with Crippen LogP contribution in [0.15, 0.2) is 23.0 Å². The Morgan fingerprint density at radius 1 is 1.29 bits per heavy atom. The third-order valence-corrected chi connectivity index (χ3v) is 9.93. The van der Waals surface area contributed by atoms with Crippen molar-refractivity contribution in [3.05, 3.63) is 23.0 Å². The van der Waals surface area contributed by atoms with Gasteiger partial charge in [-0.25, -0.2) is 8.78 Å². The second-order valence-electron chi connectivity index (χ2n) is 11.2. The molecule has 0 unspecified atom stereocenters. The van der Waals surface area contributed by atoms with Crippen molar-refractivity contribution in [2.24, 2.45) is 28.6 Å². The topological polar surface area (TPSA) is 80.7 Å². The van der Waals surface area contributed by atoms with E-state index in [0.29, 0.717) is 12.8 Å². The summed E-state index contributed by atoms with van der Waals surface area (Å²) in [4.78, 5) is 37.9. The highest BCUT2D eigenvalue weighted by atomic mass is 32.1. The Morgan fingerprint density at radius 2 is 1.94 bits per heavy atom. The molecule has 3 saturated carbocycles. The van der Waals surface area contributed by atoms with Crippen LogP contribution in [0.3, 0.4) is 0 Å². The molecule has 0 aromatic heterocycles. The fraction of sp³-hybridized carbons (Fsp3) is 0.731. The zero-order valence-corrected chi connectivity index (χ0v) is 21.3. The van der Waals surface area contributed by atoms with Gasteiger partial charge in [-0.2, -0.15) is 0 Å². The molecule has 0 aliphatic heterocycles. The van der Waals surface area contributed by atoms with Gasteiger partial charge in [-0.1, -0.05) is 26.8 Å². The van der Waals surface area contributed by atoms with Crippen molar-refractivity contribution < 1.29 is 33.0 Å². The summed E-state index contributed by atoms with van der Waals surface area (Å²) >= 11 is 4.15. The van der Waals surface area contributed by atoms with Gasteiger partial charge < -0.3 is 9.84 Å². The normalized spacial score (nSPS) is 45.8. The highest BCUT2D eigenvalue weighted by Crippen LogP contribution is 2.72. The van der Waals surface area contributed by atoms with Crippen molar-refractivity contribution in [2.75, 3.05) is 0 Å². The summed E-state index contributed by atoms with van der Waals surface area (Å²) in [5, 5.41) is 10.8. The molecule has 8 heteroatoms. The summed E-state index contributed by atoms with van der Waals surface area (Å²) in [6.07, 6.45) is 1.26. The summed E-state index contributed by atoms with van der Waals surface area (Å²) in [5.41, 5.74) is -6.15. The zero-order valence-electron chi connectivity index (χ0n) is 20.4. The minimum absolute atomic E-state index is 0.0986. The number of fused-ring (bicyclic) bond motifs is 5. The van der Waals surface area contributed by atoms with Gasteiger partial charge in [0.05, 0.1) is 6.10 Å². The zero-order chi connectivity index (χ0) is 25.4. The minimum Gasteiger partial charge on any atom is -0.449 e. The van der Waals surface area contributed by atoms with Gasteiger partial charge in [0.2, 0.25) is 10.9 Å². The minimum atomic E-state index is -2.24. The third-order valence-electron chi connectivity index (χ3n) is 9.60.